The fraction of sp³-hybridized carbons (Fsp3) is 0.235. The Labute approximate surface area is 128 Å². The number of hydrogen-bond acceptors (Lipinski definition) is 3. The van der Waals surface area contributed by atoms with Gasteiger partial charge < -0.3 is 15.2 Å². The van der Waals surface area contributed by atoms with Crippen LogP contribution < -0.4 is 10.1 Å². The second kappa shape index (κ2) is 7.04. The standard InChI is InChI=1S/C17H18FNO3/c1-11-6-7-16(22-2)14(8-11)17(21)19-10-15(20)12-4-3-5-13(18)9-12/h3-9,15,20H,10H2,1-2H3,(H,19,21). The van der Waals surface area contributed by atoms with Crippen molar-refractivity contribution in [2.75, 3.05) is 13.7 Å². The molecule has 0 aromatic heterocycles. The molecular weight excluding hydrogens is 285 g/mol. The van der Waals surface area contributed by atoms with E-state index in [0.717, 1.165) is 5.56 Å². The summed E-state index contributed by atoms with van der Waals surface area (Å²) in [6.45, 7) is 1.86. The Balaban J connectivity index is 2.05. The molecule has 0 heterocycles. The van der Waals surface area contributed by atoms with E-state index in [1.54, 1.807) is 18.2 Å². The Kier molecular flexibility index (Phi) is 5.12. The van der Waals surface area contributed by atoms with Gasteiger partial charge in [-0.3, -0.25) is 4.79 Å². The Morgan fingerprint density at radius 2 is 2.09 bits per heavy atom. The summed E-state index contributed by atoms with van der Waals surface area (Å²) in [5.41, 5.74) is 1.74. The van der Waals surface area contributed by atoms with E-state index in [2.05, 4.69) is 5.32 Å². The molecule has 2 aromatic rings. The zero-order valence-corrected chi connectivity index (χ0v) is 12.5. The highest BCUT2D eigenvalue weighted by Gasteiger charge is 2.15. The van der Waals surface area contributed by atoms with Crippen molar-refractivity contribution in [3.63, 3.8) is 0 Å². The average molecular weight is 303 g/mol. The topological polar surface area (TPSA) is 58.6 Å². The molecule has 1 atom stereocenters. The summed E-state index contributed by atoms with van der Waals surface area (Å²) in [5, 5.41) is 12.6. The molecule has 2 rings (SSSR count). The summed E-state index contributed by atoms with van der Waals surface area (Å²) in [7, 11) is 1.49. The lowest BCUT2D eigenvalue weighted by Gasteiger charge is -2.14. The van der Waals surface area contributed by atoms with E-state index in [0.29, 0.717) is 16.9 Å². The molecule has 0 spiro atoms. The third kappa shape index (κ3) is 3.83. The molecule has 0 saturated heterocycles. The third-order valence-corrected chi connectivity index (χ3v) is 3.29. The van der Waals surface area contributed by atoms with E-state index in [1.165, 1.54) is 25.3 Å². The van der Waals surface area contributed by atoms with Crippen LogP contribution in [0.3, 0.4) is 0 Å². The van der Waals surface area contributed by atoms with Gasteiger partial charge in [0.05, 0.1) is 18.8 Å². The largest absolute Gasteiger partial charge is 0.496 e. The predicted octanol–water partition coefficient (Wildman–Crippen LogP) is 2.61. The van der Waals surface area contributed by atoms with Gasteiger partial charge in [-0.15, -0.1) is 0 Å². The molecule has 2 N–H and O–H groups in total. The van der Waals surface area contributed by atoms with E-state index in [-0.39, 0.29) is 12.5 Å². The number of amides is 1. The Morgan fingerprint density at radius 3 is 2.77 bits per heavy atom. The van der Waals surface area contributed by atoms with Crippen LogP contribution in [-0.2, 0) is 0 Å². The summed E-state index contributed by atoms with van der Waals surface area (Å²) in [6, 6.07) is 10.9. The number of benzene rings is 2. The minimum absolute atomic E-state index is 0.0145. The van der Waals surface area contributed by atoms with Gasteiger partial charge >= 0.3 is 0 Å². The molecule has 0 fully saturated rings. The first-order valence-electron chi connectivity index (χ1n) is 6.87. The zero-order valence-electron chi connectivity index (χ0n) is 12.5. The van der Waals surface area contributed by atoms with Crippen molar-refractivity contribution in [3.8, 4) is 5.75 Å². The predicted molar refractivity (Wildman–Crippen MR) is 81.4 cm³/mol. The van der Waals surface area contributed by atoms with Crippen LogP contribution in [-0.4, -0.2) is 24.7 Å². The Morgan fingerprint density at radius 1 is 1.32 bits per heavy atom. The maximum absolute atomic E-state index is 13.1. The number of ether oxygens (including phenoxy) is 1. The second-order valence-electron chi connectivity index (χ2n) is 4.98. The number of aliphatic hydroxyl groups excluding tert-OH is 1. The number of nitrogens with one attached hydrogen (secondary N) is 1. The van der Waals surface area contributed by atoms with Gasteiger partial charge in [-0.2, -0.15) is 0 Å². The van der Waals surface area contributed by atoms with Gasteiger partial charge in [0, 0.05) is 6.54 Å². The van der Waals surface area contributed by atoms with Crippen LogP contribution in [0.25, 0.3) is 0 Å². The van der Waals surface area contributed by atoms with E-state index >= 15 is 0 Å². The van der Waals surface area contributed by atoms with Crippen molar-refractivity contribution in [1.82, 2.24) is 5.32 Å². The molecule has 116 valence electrons. The molecule has 0 aliphatic rings. The molecule has 22 heavy (non-hydrogen) atoms. The van der Waals surface area contributed by atoms with E-state index in [9.17, 15) is 14.3 Å². The van der Waals surface area contributed by atoms with Gasteiger partial charge in [-0.25, -0.2) is 4.39 Å². The summed E-state index contributed by atoms with van der Waals surface area (Å²) in [6.07, 6.45) is -0.976. The lowest BCUT2D eigenvalue weighted by molar-refractivity contribution is 0.0913. The van der Waals surface area contributed by atoms with Crippen LogP contribution >= 0.6 is 0 Å². The second-order valence-corrected chi connectivity index (χ2v) is 4.98. The van der Waals surface area contributed by atoms with Crippen molar-refractivity contribution in [1.29, 1.82) is 0 Å². The van der Waals surface area contributed by atoms with E-state index in [4.69, 9.17) is 4.74 Å². The normalized spacial score (nSPS) is 11.8. The van der Waals surface area contributed by atoms with Crippen molar-refractivity contribution < 1.29 is 19.0 Å². The smallest absolute Gasteiger partial charge is 0.255 e. The molecule has 1 unspecified atom stereocenters. The maximum Gasteiger partial charge on any atom is 0.255 e. The van der Waals surface area contributed by atoms with Gasteiger partial charge in [0.1, 0.15) is 11.6 Å². The molecule has 0 bridgehead atoms. The monoisotopic (exact) mass is 303 g/mol. The average Bonchev–Trinajstić information content (AvgIpc) is 2.52. The molecular formula is C17H18FNO3. The maximum atomic E-state index is 13.1. The number of aryl methyl sites for hydroxylation is 1. The first-order valence-corrected chi connectivity index (χ1v) is 6.87. The highest BCUT2D eigenvalue weighted by Crippen LogP contribution is 2.20. The highest BCUT2D eigenvalue weighted by molar-refractivity contribution is 5.97. The Bertz CT molecular complexity index is 673. The SMILES string of the molecule is COc1ccc(C)cc1C(=O)NCC(O)c1cccc(F)c1. The number of halogens is 1. The van der Waals surface area contributed by atoms with Gasteiger partial charge in [-0.1, -0.05) is 23.8 Å². The molecule has 0 radical (unpaired) electrons. The van der Waals surface area contributed by atoms with Crippen LogP contribution in [0.1, 0.15) is 27.6 Å². The lowest BCUT2D eigenvalue weighted by atomic mass is 10.1. The fourth-order valence-electron chi connectivity index (χ4n) is 2.12. The van der Waals surface area contributed by atoms with Crippen molar-refractivity contribution >= 4 is 5.91 Å². The minimum Gasteiger partial charge on any atom is -0.496 e. The summed E-state index contributed by atoms with van der Waals surface area (Å²) in [5.74, 6) is -0.317. The number of carbonyl (C=O) groups is 1. The molecule has 0 aliphatic carbocycles. The van der Waals surface area contributed by atoms with Crippen molar-refractivity contribution in [2.24, 2.45) is 0 Å². The van der Waals surface area contributed by atoms with E-state index in [1.807, 2.05) is 13.0 Å². The molecule has 5 heteroatoms. The minimum atomic E-state index is -0.976. The lowest BCUT2D eigenvalue weighted by Crippen LogP contribution is -2.28. The van der Waals surface area contributed by atoms with Crippen LogP contribution in [0.2, 0.25) is 0 Å². The first kappa shape index (κ1) is 16.0. The van der Waals surface area contributed by atoms with E-state index < -0.39 is 11.9 Å². The van der Waals surface area contributed by atoms with Crippen LogP contribution in [0.15, 0.2) is 42.5 Å². The summed E-state index contributed by atoms with van der Waals surface area (Å²) < 4.78 is 18.3. The third-order valence-electron chi connectivity index (χ3n) is 3.29. The first-order chi connectivity index (χ1) is 10.5. The van der Waals surface area contributed by atoms with Crippen molar-refractivity contribution in [3.05, 3.63) is 65.0 Å². The fourth-order valence-corrected chi connectivity index (χ4v) is 2.12. The summed E-state index contributed by atoms with van der Waals surface area (Å²) in [4.78, 5) is 12.2. The molecule has 0 saturated carbocycles. The van der Waals surface area contributed by atoms with Crippen molar-refractivity contribution in [2.45, 2.75) is 13.0 Å². The Hall–Kier alpha value is -2.40. The number of hydrogen-bond donors (Lipinski definition) is 2. The van der Waals surface area contributed by atoms with Crippen LogP contribution in [0.5, 0.6) is 5.75 Å². The van der Waals surface area contributed by atoms with Gasteiger partial charge in [0.25, 0.3) is 5.91 Å². The molecule has 0 aliphatic heterocycles. The zero-order chi connectivity index (χ0) is 16.1. The van der Waals surface area contributed by atoms with Gasteiger partial charge in [-0.05, 0) is 36.8 Å². The number of methoxy groups -OCH3 is 1. The van der Waals surface area contributed by atoms with Crippen LogP contribution in [0.4, 0.5) is 4.39 Å². The molecule has 4 nitrogen and oxygen atoms in total. The quantitative estimate of drug-likeness (QED) is 0.892. The van der Waals surface area contributed by atoms with Gasteiger partial charge in [0.2, 0.25) is 0 Å². The number of carbonyl (C=O) groups excluding carboxylic acids is 1. The van der Waals surface area contributed by atoms with Crippen LogP contribution in [0, 0.1) is 12.7 Å². The molecule has 1 amide bonds. The highest BCUT2D eigenvalue weighted by atomic mass is 19.1. The number of aliphatic hydroxyl groups is 1. The molecule has 2 aromatic carbocycles. The number of rotatable bonds is 5. The van der Waals surface area contributed by atoms with Gasteiger partial charge in [0.15, 0.2) is 0 Å². The summed E-state index contributed by atoms with van der Waals surface area (Å²) >= 11 is 0.